The van der Waals surface area contributed by atoms with Gasteiger partial charge >= 0.3 is 0 Å². The Bertz CT molecular complexity index is 897. The highest BCUT2D eigenvalue weighted by molar-refractivity contribution is 14.0. The van der Waals surface area contributed by atoms with E-state index in [0.717, 1.165) is 50.8 Å². The summed E-state index contributed by atoms with van der Waals surface area (Å²) in [5.74, 6) is 0.781. The van der Waals surface area contributed by atoms with Crippen LogP contribution >= 0.6 is 24.0 Å². The van der Waals surface area contributed by atoms with Crippen molar-refractivity contribution < 1.29 is 9.53 Å². The second-order valence-corrected chi connectivity index (χ2v) is 7.73. The zero-order chi connectivity index (χ0) is 22.1. The van der Waals surface area contributed by atoms with E-state index in [4.69, 9.17) is 4.74 Å². The SMILES string of the molecule is CN=C(NCCc1cccc(C(=O)N(C)C)c1)NCc1ccccc1N1CCOCC1.I. The molecule has 1 amide bonds. The average Bonchev–Trinajstić information content (AvgIpc) is 2.81. The first kappa shape index (κ1) is 25.9. The fourth-order valence-corrected chi connectivity index (χ4v) is 3.62. The van der Waals surface area contributed by atoms with Gasteiger partial charge in [0.05, 0.1) is 13.2 Å². The van der Waals surface area contributed by atoms with Crippen molar-refractivity contribution in [2.24, 2.45) is 4.99 Å². The summed E-state index contributed by atoms with van der Waals surface area (Å²) in [7, 11) is 5.31. The van der Waals surface area contributed by atoms with Crippen molar-refractivity contribution in [3.05, 3.63) is 65.2 Å². The first-order chi connectivity index (χ1) is 15.1. The maximum absolute atomic E-state index is 12.2. The standard InChI is InChI=1S/C24H33N5O2.HI/c1-25-24(26-12-11-19-7-6-9-20(17-19)23(30)28(2)3)27-18-21-8-4-5-10-22(21)29-13-15-31-16-14-29;/h4-10,17H,11-16,18H2,1-3H3,(H2,25,26,27);1H. The second kappa shape index (κ2) is 13.3. The number of guanidine groups is 1. The molecule has 0 atom stereocenters. The number of amides is 1. The molecular weight excluding hydrogens is 517 g/mol. The topological polar surface area (TPSA) is 69.2 Å². The number of anilines is 1. The van der Waals surface area contributed by atoms with Crippen LogP contribution in [0.15, 0.2) is 53.5 Å². The van der Waals surface area contributed by atoms with Crippen molar-refractivity contribution in [2.45, 2.75) is 13.0 Å². The number of nitrogens with one attached hydrogen (secondary N) is 2. The van der Waals surface area contributed by atoms with Gasteiger partial charge in [0.15, 0.2) is 5.96 Å². The average molecular weight is 551 g/mol. The van der Waals surface area contributed by atoms with Crippen molar-refractivity contribution in [1.29, 1.82) is 0 Å². The summed E-state index contributed by atoms with van der Waals surface area (Å²) < 4.78 is 5.48. The summed E-state index contributed by atoms with van der Waals surface area (Å²) in [6.07, 6.45) is 0.805. The summed E-state index contributed by atoms with van der Waals surface area (Å²) in [5.41, 5.74) is 4.32. The van der Waals surface area contributed by atoms with Gasteiger partial charge in [0, 0.05) is 58.6 Å². The van der Waals surface area contributed by atoms with Gasteiger partial charge in [0.25, 0.3) is 5.91 Å². The first-order valence-electron chi connectivity index (χ1n) is 10.7. The van der Waals surface area contributed by atoms with E-state index in [9.17, 15) is 4.79 Å². The molecule has 2 aromatic rings. The van der Waals surface area contributed by atoms with E-state index in [-0.39, 0.29) is 29.9 Å². The van der Waals surface area contributed by atoms with Crippen molar-refractivity contribution in [3.8, 4) is 0 Å². The predicted octanol–water partition coefficient (Wildman–Crippen LogP) is 2.75. The lowest BCUT2D eigenvalue weighted by Crippen LogP contribution is -2.39. The van der Waals surface area contributed by atoms with Gasteiger partial charge in [-0.15, -0.1) is 24.0 Å². The summed E-state index contributed by atoms with van der Waals surface area (Å²) >= 11 is 0. The number of carbonyl (C=O) groups excluding carboxylic acids is 1. The maximum atomic E-state index is 12.2. The van der Waals surface area contributed by atoms with Gasteiger partial charge in [-0.1, -0.05) is 30.3 Å². The summed E-state index contributed by atoms with van der Waals surface area (Å²) in [6.45, 7) is 4.79. The van der Waals surface area contributed by atoms with Gasteiger partial charge in [-0.3, -0.25) is 9.79 Å². The molecule has 0 saturated carbocycles. The lowest BCUT2D eigenvalue weighted by Gasteiger charge is -2.30. The molecule has 32 heavy (non-hydrogen) atoms. The normalized spacial score (nSPS) is 13.8. The predicted molar refractivity (Wildman–Crippen MR) is 141 cm³/mol. The van der Waals surface area contributed by atoms with Crippen molar-refractivity contribution >= 4 is 41.5 Å². The van der Waals surface area contributed by atoms with Crippen LogP contribution in [0.2, 0.25) is 0 Å². The molecule has 8 heteroatoms. The highest BCUT2D eigenvalue weighted by Crippen LogP contribution is 2.21. The molecule has 1 aliphatic rings. The third-order valence-corrected chi connectivity index (χ3v) is 5.30. The molecule has 3 rings (SSSR count). The maximum Gasteiger partial charge on any atom is 0.253 e. The number of morpholine rings is 1. The number of benzene rings is 2. The van der Waals surface area contributed by atoms with Crippen LogP contribution in [0.5, 0.6) is 0 Å². The molecule has 0 spiro atoms. The third kappa shape index (κ3) is 7.37. The summed E-state index contributed by atoms with van der Waals surface area (Å²) in [5, 5.41) is 6.78. The fourth-order valence-electron chi connectivity index (χ4n) is 3.62. The molecule has 0 radical (unpaired) electrons. The van der Waals surface area contributed by atoms with Gasteiger partial charge in [0.1, 0.15) is 0 Å². The highest BCUT2D eigenvalue weighted by Gasteiger charge is 2.14. The van der Waals surface area contributed by atoms with Crippen molar-refractivity contribution in [3.63, 3.8) is 0 Å². The highest BCUT2D eigenvalue weighted by atomic mass is 127. The lowest BCUT2D eigenvalue weighted by atomic mass is 10.1. The Morgan fingerprint density at radius 3 is 2.56 bits per heavy atom. The van der Waals surface area contributed by atoms with E-state index < -0.39 is 0 Å². The second-order valence-electron chi connectivity index (χ2n) is 7.73. The smallest absolute Gasteiger partial charge is 0.253 e. The van der Waals surface area contributed by atoms with Crippen LogP contribution in [0.25, 0.3) is 0 Å². The molecule has 0 bridgehead atoms. The molecule has 1 aliphatic heterocycles. The van der Waals surface area contributed by atoms with E-state index in [1.54, 1.807) is 26.0 Å². The van der Waals surface area contributed by atoms with Gasteiger partial charge in [0.2, 0.25) is 0 Å². The van der Waals surface area contributed by atoms with Gasteiger partial charge in [-0.05, 0) is 35.7 Å². The minimum Gasteiger partial charge on any atom is -0.378 e. The van der Waals surface area contributed by atoms with Crippen LogP contribution in [-0.2, 0) is 17.7 Å². The fraction of sp³-hybridized carbons (Fsp3) is 0.417. The Balaban J connectivity index is 0.00000363. The van der Waals surface area contributed by atoms with Gasteiger partial charge in [-0.2, -0.15) is 0 Å². The van der Waals surface area contributed by atoms with Gasteiger partial charge in [-0.25, -0.2) is 0 Å². The molecule has 1 saturated heterocycles. The number of aliphatic imine (C=N–C) groups is 1. The number of hydrogen-bond acceptors (Lipinski definition) is 4. The minimum atomic E-state index is 0. The molecule has 2 N–H and O–H groups in total. The van der Waals surface area contributed by atoms with Crippen LogP contribution < -0.4 is 15.5 Å². The molecule has 1 fully saturated rings. The third-order valence-electron chi connectivity index (χ3n) is 5.30. The van der Waals surface area contributed by atoms with Crippen molar-refractivity contribution in [2.75, 3.05) is 58.9 Å². The van der Waals surface area contributed by atoms with Crippen LogP contribution in [0, 0.1) is 0 Å². The molecular formula is C24H34IN5O2. The Morgan fingerprint density at radius 2 is 1.84 bits per heavy atom. The van der Waals surface area contributed by atoms with Crippen LogP contribution in [-0.4, -0.2) is 70.8 Å². The zero-order valence-electron chi connectivity index (χ0n) is 19.1. The van der Waals surface area contributed by atoms with Crippen LogP contribution in [0.1, 0.15) is 21.5 Å². The molecule has 0 aliphatic carbocycles. The largest absolute Gasteiger partial charge is 0.378 e. The Hall–Kier alpha value is -2.33. The van der Waals surface area contributed by atoms with E-state index in [2.05, 4.69) is 44.8 Å². The van der Waals surface area contributed by atoms with E-state index >= 15 is 0 Å². The lowest BCUT2D eigenvalue weighted by molar-refractivity contribution is 0.0827. The quantitative estimate of drug-likeness (QED) is 0.315. The minimum absolute atomic E-state index is 0. The number of halogens is 1. The zero-order valence-corrected chi connectivity index (χ0v) is 21.5. The first-order valence-corrected chi connectivity index (χ1v) is 10.7. The van der Waals surface area contributed by atoms with E-state index in [1.165, 1.54) is 11.3 Å². The molecule has 174 valence electrons. The number of nitrogens with zero attached hydrogens (tertiary/aromatic N) is 3. The van der Waals surface area contributed by atoms with Crippen LogP contribution in [0.4, 0.5) is 5.69 Å². The number of rotatable bonds is 7. The number of para-hydroxylation sites is 1. The number of carbonyl (C=O) groups is 1. The monoisotopic (exact) mass is 551 g/mol. The molecule has 1 heterocycles. The number of ether oxygens (including phenoxy) is 1. The molecule has 2 aromatic carbocycles. The van der Waals surface area contributed by atoms with Crippen LogP contribution in [0.3, 0.4) is 0 Å². The Morgan fingerprint density at radius 1 is 1.09 bits per heavy atom. The van der Waals surface area contributed by atoms with Gasteiger partial charge < -0.3 is 25.2 Å². The van der Waals surface area contributed by atoms with E-state index in [1.807, 2.05) is 24.3 Å². The molecule has 0 aromatic heterocycles. The number of hydrogen-bond donors (Lipinski definition) is 2. The Kier molecular flexibility index (Phi) is 10.8. The Labute approximate surface area is 208 Å². The molecule has 0 unspecified atom stereocenters. The van der Waals surface area contributed by atoms with Crippen molar-refractivity contribution in [1.82, 2.24) is 15.5 Å². The summed E-state index contributed by atoms with van der Waals surface area (Å²) in [6, 6.07) is 16.3. The molecule has 7 nitrogen and oxygen atoms in total. The summed E-state index contributed by atoms with van der Waals surface area (Å²) in [4.78, 5) is 20.5. The van der Waals surface area contributed by atoms with E-state index in [0.29, 0.717) is 12.1 Å².